The van der Waals surface area contributed by atoms with Crippen molar-refractivity contribution in [3.05, 3.63) is 28.6 Å². The Morgan fingerprint density at radius 3 is 3.07 bits per heavy atom. The van der Waals surface area contributed by atoms with E-state index in [-0.39, 0.29) is 5.91 Å². The normalized spacial score (nSPS) is 14.0. The molecule has 0 unspecified atom stereocenters. The standard InChI is InChI=1S/C11H14N2O/c1-3-4-9-5-8-6-12-11(14)10(8)7(2)13-9/h5H,3-4,6H2,1-2H3,(H,12,14). The van der Waals surface area contributed by atoms with Gasteiger partial charge in [-0.25, -0.2) is 0 Å². The van der Waals surface area contributed by atoms with E-state index in [4.69, 9.17) is 0 Å². The van der Waals surface area contributed by atoms with Crippen molar-refractivity contribution in [2.75, 3.05) is 0 Å². The van der Waals surface area contributed by atoms with Gasteiger partial charge in [0, 0.05) is 12.2 Å². The predicted octanol–water partition coefficient (Wildman–Crippen LogP) is 1.59. The SMILES string of the molecule is CCCc1cc2c(c(C)n1)C(=O)NC2. The molecule has 14 heavy (non-hydrogen) atoms. The second-order valence-electron chi connectivity index (χ2n) is 3.67. The van der Waals surface area contributed by atoms with Crippen LogP contribution in [-0.4, -0.2) is 10.9 Å². The van der Waals surface area contributed by atoms with Crippen LogP contribution in [0.1, 0.15) is 40.7 Å². The number of hydrogen-bond donors (Lipinski definition) is 1. The number of carbonyl (C=O) groups is 1. The van der Waals surface area contributed by atoms with Crippen LogP contribution in [0.15, 0.2) is 6.07 Å². The van der Waals surface area contributed by atoms with E-state index in [2.05, 4.69) is 17.2 Å². The number of rotatable bonds is 2. The number of aryl methyl sites for hydroxylation is 2. The second-order valence-corrected chi connectivity index (χ2v) is 3.67. The molecule has 0 aromatic carbocycles. The zero-order valence-corrected chi connectivity index (χ0v) is 8.55. The minimum absolute atomic E-state index is 0.0213. The van der Waals surface area contributed by atoms with E-state index in [9.17, 15) is 4.79 Å². The van der Waals surface area contributed by atoms with Crippen molar-refractivity contribution in [1.29, 1.82) is 0 Å². The lowest BCUT2D eigenvalue weighted by molar-refractivity contribution is 0.0965. The van der Waals surface area contributed by atoms with Crippen LogP contribution in [0.25, 0.3) is 0 Å². The third-order valence-electron chi connectivity index (χ3n) is 2.51. The molecule has 0 saturated heterocycles. The van der Waals surface area contributed by atoms with Crippen molar-refractivity contribution in [3.63, 3.8) is 0 Å². The van der Waals surface area contributed by atoms with Gasteiger partial charge < -0.3 is 5.32 Å². The minimum atomic E-state index is 0.0213. The smallest absolute Gasteiger partial charge is 0.253 e. The number of nitrogens with one attached hydrogen (secondary N) is 1. The molecule has 1 amide bonds. The molecule has 0 saturated carbocycles. The van der Waals surface area contributed by atoms with Gasteiger partial charge in [0.05, 0.1) is 11.3 Å². The Morgan fingerprint density at radius 1 is 1.57 bits per heavy atom. The minimum Gasteiger partial charge on any atom is -0.348 e. The molecule has 1 N–H and O–H groups in total. The molecule has 1 aliphatic heterocycles. The van der Waals surface area contributed by atoms with E-state index in [1.807, 2.05) is 13.0 Å². The van der Waals surface area contributed by atoms with E-state index in [1.54, 1.807) is 0 Å². The largest absolute Gasteiger partial charge is 0.348 e. The number of amides is 1. The average molecular weight is 190 g/mol. The van der Waals surface area contributed by atoms with Crippen molar-refractivity contribution in [2.24, 2.45) is 0 Å². The predicted molar refractivity (Wildman–Crippen MR) is 54.1 cm³/mol. The molecule has 0 atom stereocenters. The summed E-state index contributed by atoms with van der Waals surface area (Å²) in [6, 6.07) is 2.05. The summed E-state index contributed by atoms with van der Waals surface area (Å²) in [5.74, 6) is 0.0213. The van der Waals surface area contributed by atoms with Crippen LogP contribution < -0.4 is 5.32 Å². The summed E-state index contributed by atoms with van der Waals surface area (Å²) in [4.78, 5) is 15.8. The van der Waals surface area contributed by atoms with Gasteiger partial charge in [-0.2, -0.15) is 0 Å². The molecule has 3 nitrogen and oxygen atoms in total. The van der Waals surface area contributed by atoms with Crippen LogP contribution in [0.3, 0.4) is 0 Å². The number of nitrogens with zero attached hydrogens (tertiary/aromatic N) is 1. The van der Waals surface area contributed by atoms with Crippen LogP contribution in [0.5, 0.6) is 0 Å². The first kappa shape index (κ1) is 9.19. The van der Waals surface area contributed by atoms with Crippen molar-refractivity contribution < 1.29 is 4.79 Å². The van der Waals surface area contributed by atoms with Crippen molar-refractivity contribution >= 4 is 5.91 Å². The van der Waals surface area contributed by atoms with Gasteiger partial charge in [0.25, 0.3) is 5.91 Å². The maximum Gasteiger partial charge on any atom is 0.253 e. The zero-order valence-electron chi connectivity index (χ0n) is 8.55. The van der Waals surface area contributed by atoms with Crippen molar-refractivity contribution in [1.82, 2.24) is 10.3 Å². The van der Waals surface area contributed by atoms with Crippen LogP contribution in [-0.2, 0) is 13.0 Å². The molecular formula is C11H14N2O. The Bertz CT molecular complexity index is 385. The second kappa shape index (κ2) is 3.40. The van der Waals surface area contributed by atoms with Crippen LogP contribution in [0.4, 0.5) is 0 Å². The molecule has 0 radical (unpaired) electrons. The summed E-state index contributed by atoms with van der Waals surface area (Å²) in [6.07, 6.45) is 2.08. The molecule has 1 aromatic rings. The maximum absolute atomic E-state index is 11.4. The van der Waals surface area contributed by atoms with Gasteiger partial charge in [0.2, 0.25) is 0 Å². The fourth-order valence-electron chi connectivity index (χ4n) is 1.91. The van der Waals surface area contributed by atoms with E-state index < -0.39 is 0 Å². The highest BCUT2D eigenvalue weighted by atomic mass is 16.1. The lowest BCUT2D eigenvalue weighted by Gasteiger charge is -2.04. The first-order valence-electron chi connectivity index (χ1n) is 5.00. The quantitative estimate of drug-likeness (QED) is 0.769. The molecular weight excluding hydrogens is 176 g/mol. The van der Waals surface area contributed by atoms with E-state index in [0.717, 1.165) is 35.4 Å². The molecule has 2 rings (SSSR count). The fraction of sp³-hybridized carbons (Fsp3) is 0.455. The fourth-order valence-corrected chi connectivity index (χ4v) is 1.91. The lowest BCUT2D eigenvalue weighted by Crippen LogP contribution is -2.13. The van der Waals surface area contributed by atoms with Crippen molar-refractivity contribution in [2.45, 2.75) is 33.2 Å². The molecule has 1 aliphatic rings. The molecule has 74 valence electrons. The Hall–Kier alpha value is -1.38. The summed E-state index contributed by atoms with van der Waals surface area (Å²) < 4.78 is 0. The van der Waals surface area contributed by atoms with Gasteiger partial charge in [0.1, 0.15) is 0 Å². The number of pyridine rings is 1. The summed E-state index contributed by atoms with van der Waals surface area (Å²) in [6.45, 7) is 4.70. The highest BCUT2D eigenvalue weighted by molar-refractivity contribution is 5.99. The van der Waals surface area contributed by atoms with Crippen LogP contribution in [0, 0.1) is 6.92 Å². The van der Waals surface area contributed by atoms with Gasteiger partial charge in [0.15, 0.2) is 0 Å². The molecule has 0 bridgehead atoms. The summed E-state index contributed by atoms with van der Waals surface area (Å²) in [5, 5.41) is 2.82. The Morgan fingerprint density at radius 2 is 2.36 bits per heavy atom. The van der Waals surface area contributed by atoms with E-state index in [1.165, 1.54) is 0 Å². The first-order valence-corrected chi connectivity index (χ1v) is 5.00. The molecule has 3 heteroatoms. The summed E-state index contributed by atoms with van der Waals surface area (Å²) >= 11 is 0. The number of hydrogen-bond acceptors (Lipinski definition) is 2. The Kier molecular flexibility index (Phi) is 2.23. The van der Waals surface area contributed by atoms with Gasteiger partial charge in [-0.15, -0.1) is 0 Å². The number of fused-ring (bicyclic) bond motifs is 1. The third-order valence-corrected chi connectivity index (χ3v) is 2.51. The monoisotopic (exact) mass is 190 g/mol. The van der Waals surface area contributed by atoms with Gasteiger partial charge in [-0.1, -0.05) is 13.3 Å². The zero-order chi connectivity index (χ0) is 10.1. The first-order chi connectivity index (χ1) is 6.72. The number of carbonyl (C=O) groups excluding carboxylic acids is 1. The molecule has 2 heterocycles. The number of aromatic nitrogens is 1. The highest BCUT2D eigenvalue weighted by Gasteiger charge is 2.22. The van der Waals surface area contributed by atoms with Gasteiger partial charge in [-0.3, -0.25) is 9.78 Å². The van der Waals surface area contributed by atoms with E-state index >= 15 is 0 Å². The Balaban J connectivity index is 2.46. The Labute approximate surface area is 83.5 Å². The van der Waals surface area contributed by atoms with Crippen LogP contribution in [0.2, 0.25) is 0 Å². The third kappa shape index (κ3) is 1.39. The van der Waals surface area contributed by atoms with Gasteiger partial charge >= 0.3 is 0 Å². The molecule has 1 aromatic heterocycles. The van der Waals surface area contributed by atoms with Crippen molar-refractivity contribution in [3.8, 4) is 0 Å². The molecule has 0 fully saturated rings. The molecule has 0 aliphatic carbocycles. The summed E-state index contributed by atoms with van der Waals surface area (Å²) in [5.41, 5.74) is 3.84. The lowest BCUT2D eigenvalue weighted by atomic mass is 10.1. The topological polar surface area (TPSA) is 42.0 Å². The average Bonchev–Trinajstić information content (AvgIpc) is 2.48. The summed E-state index contributed by atoms with van der Waals surface area (Å²) in [7, 11) is 0. The highest BCUT2D eigenvalue weighted by Crippen LogP contribution is 2.19. The molecule has 0 spiro atoms. The maximum atomic E-state index is 11.4. The van der Waals surface area contributed by atoms with Gasteiger partial charge in [-0.05, 0) is 25.0 Å². The van der Waals surface area contributed by atoms with E-state index in [0.29, 0.717) is 6.54 Å². The van der Waals surface area contributed by atoms with Crippen LogP contribution >= 0.6 is 0 Å².